The van der Waals surface area contributed by atoms with Crippen molar-refractivity contribution >= 4 is 12.2 Å². The van der Waals surface area contributed by atoms with Gasteiger partial charge in [-0.2, -0.15) is 4.90 Å². The molecule has 204 valence electrons. The standard InChI is InChI=1S/C28H39NO8/c1-16(2)19-12-11-17(3)13-20(19)34-25-22-24(23-21(35-25)15-33-28(4,5)37-23)36-27(31)29(22)26(30)32-14-18-9-7-6-8-10-18/h6-10,16-17,19-25H,11-15H2,1-5H3/t17-,19+,20-,21-,22+,23-,24-,25+/m1/s1. The van der Waals surface area contributed by atoms with E-state index in [0.29, 0.717) is 17.8 Å². The first kappa shape index (κ1) is 26.4. The number of nitrogens with zero attached hydrogens (tertiary/aromatic N) is 1. The Bertz CT molecular complexity index is 968. The molecule has 1 aliphatic carbocycles. The highest BCUT2D eigenvalue weighted by atomic mass is 16.8. The molecule has 0 bridgehead atoms. The highest BCUT2D eigenvalue weighted by Gasteiger charge is 2.62. The minimum absolute atomic E-state index is 0.0339. The Morgan fingerprint density at radius 1 is 1.16 bits per heavy atom. The van der Waals surface area contributed by atoms with E-state index in [2.05, 4.69) is 20.8 Å². The van der Waals surface area contributed by atoms with Gasteiger partial charge < -0.3 is 28.4 Å². The Morgan fingerprint density at radius 3 is 2.65 bits per heavy atom. The minimum Gasteiger partial charge on any atom is -0.444 e. The van der Waals surface area contributed by atoms with Crippen molar-refractivity contribution in [2.75, 3.05) is 6.61 Å². The van der Waals surface area contributed by atoms with Gasteiger partial charge in [-0.3, -0.25) is 0 Å². The molecule has 9 nitrogen and oxygen atoms in total. The van der Waals surface area contributed by atoms with E-state index in [4.69, 9.17) is 28.4 Å². The molecule has 37 heavy (non-hydrogen) atoms. The van der Waals surface area contributed by atoms with Crippen LogP contribution >= 0.6 is 0 Å². The summed E-state index contributed by atoms with van der Waals surface area (Å²) in [5, 5.41) is 0. The topological polar surface area (TPSA) is 92.8 Å². The fourth-order valence-corrected chi connectivity index (χ4v) is 6.05. The first-order valence-electron chi connectivity index (χ1n) is 13.5. The van der Waals surface area contributed by atoms with Gasteiger partial charge in [-0.05, 0) is 50.0 Å². The SMILES string of the molecule is CC(C)[C@@H]1CC[C@@H](C)C[C@H]1O[C@H]1O[C@@H]2COC(C)(C)O[C@H]2[C@@H]2OC(=O)N(C(=O)OCc3ccccc3)[C@H]12. The van der Waals surface area contributed by atoms with Gasteiger partial charge in [0.05, 0.1) is 12.7 Å². The maximum atomic E-state index is 13.3. The molecule has 9 heteroatoms. The third-order valence-electron chi connectivity index (χ3n) is 8.03. The van der Waals surface area contributed by atoms with Crippen LogP contribution in [0.15, 0.2) is 30.3 Å². The van der Waals surface area contributed by atoms with E-state index in [1.807, 2.05) is 30.3 Å². The summed E-state index contributed by atoms with van der Waals surface area (Å²) in [5.41, 5.74) is 0.818. The molecule has 3 saturated heterocycles. The number of amides is 2. The molecule has 3 aliphatic heterocycles. The molecule has 0 N–H and O–H groups in total. The number of carbonyl (C=O) groups is 2. The lowest BCUT2D eigenvalue weighted by Crippen LogP contribution is -2.66. The van der Waals surface area contributed by atoms with Gasteiger partial charge in [0.15, 0.2) is 18.2 Å². The van der Waals surface area contributed by atoms with Gasteiger partial charge in [0, 0.05) is 0 Å². The van der Waals surface area contributed by atoms with Crippen molar-refractivity contribution in [1.29, 1.82) is 0 Å². The van der Waals surface area contributed by atoms with Crippen molar-refractivity contribution in [2.45, 2.75) is 103 Å². The molecule has 0 spiro atoms. The summed E-state index contributed by atoms with van der Waals surface area (Å²) < 4.78 is 36.4. The third kappa shape index (κ3) is 5.50. The number of imide groups is 1. The fraction of sp³-hybridized carbons (Fsp3) is 0.714. The van der Waals surface area contributed by atoms with Crippen molar-refractivity contribution in [3.63, 3.8) is 0 Å². The molecule has 0 aromatic heterocycles. The van der Waals surface area contributed by atoms with Crippen LogP contribution in [0.3, 0.4) is 0 Å². The number of hydrogen-bond donors (Lipinski definition) is 0. The first-order chi connectivity index (χ1) is 17.6. The van der Waals surface area contributed by atoms with Crippen LogP contribution in [0.1, 0.15) is 59.4 Å². The van der Waals surface area contributed by atoms with E-state index in [1.165, 1.54) is 0 Å². The molecule has 2 amide bonds. The molecular formula is C28H39NO8. The number of carbonyl (C=O) groups excluding carboxylic acids is 2. The Hall–Kier alpha value is -2.20. The molecule has 1 saturated carbocycles. The second-order valence-electron chi connectivity index (χ2n) is 11.6. The van der Waals surface area contributed by atoms with E-state index in [0.717, 1.165) is 29.7 Å². The van der Waals surface area contributed by atoms with E-state index >= 15 is 0 Å². The number of fused-ring (bicyclic) bond motifs is 3. The molecule has 5 rings (SSSR count). The molecule has 4 fully saturated rings. The molecule has 3 heterocycles. The Balaban J connectivity index is 1.40. The van der Waals surface area contributed by atoms with Crippen LogP contribution in [0.4, 0.5) is 9.59 Å². The lowest BCUT2D eigenvalue weighted by atomic mass is 9.75. The predicted octanol–water partition coefficient (Wildman–Crippen LogP) is 4.87. The van der Waals surface area contributed by atoms with Crippen molar-refractivity contribution in [3.8, 4) is 0 Å². The van der Waals surface area contributed by atoms with Crippen LogP contribution in [-0.4, -0.2) is 66.2 Å². The van der Waals surface area contributed by atoms with Crippen LogP contribution in [0.25, 0.3) is 0 Å². The maximum Gasteiger partial charge on any atom is 0.420 e. The number of hydrogen-bond acceptors (Lipinski definition) is 8. The average molecular weight is 518 g/mol. The zero-order chi connectivity index (χ0) is 26.3. The molecule has 8 atom stereocenters. The van der Waals surface area contributed by atoms with Gasteiger partial charge in [0.1, 0.15) is 24.9 Å². The van der Waals surface area contributed by atoms with Gasteiger partial charge >= 0.3 is 12.2 Å². The van der Waals surface area contributed by atoms with E-state index in [1.54, 1.807) is 13.8 Å². The zero-order valence-electron chi connectivity index (χ0n) is 22.3. The second-order valence-corrected chi connectivity index (χ2v) is 11.6. The van der Waals surface area contributed by atoms with Crippen molar-refractivity contribution in [3.05, 3.63) is 35.9 Å². The minimum atomic E-state index is -0.882. The largest absolute Gasteiger partial charge is 0.444 e. The van der Waals surface area contributed by atoms with Crippen LogP contribution in [0.5, 0.6) is 0 Å². The van der Waals surface area contributed by atoms with Crippen molar-refractivity contribution < 1.29 is 38.0 Å². The smallest absolute Gasteiger partial charge is 0.420 e. The quantitative estimate of drug-likeness (QED) is 0.546. The fourth-order valence-electron chi connectivity index (χ4n) is 6.05. The van der Waals surface area contributed by atoms with Gasteiger partial charge in [-0.15, -0.1) is 0 Å². The van der Waals surface area contributed by atoms with E-state index in [-0.39, 0.29) is 19.3 Å². The number of benzene rings is 1. The van der Waals surface area contributed by atoms with Gasteiger partial charge in [-0.1, -0.05) is 57.5 Å². The average Bonchev–Trinajstić information content (AvgIpc) is 3.21. The summed E-state index contributed by atoms with van der Waals surface area (Å²) in [6.45, 7) is 10.6. The molecule has 1 aromatic rings. The van der Waals surface area contributed by atoms with Crippen molar-refractivity contribution in [2.24, 2.45) is 17.8 Å². The highest BCUT2D eigenvalue weighted by Crippen LogP contribution is 2.42. The van der Waals surface area contributed by atoms with Gasteiger partial charge in [0.2, 0.25) is 0 Å². The molecule has 0 radical (unpaired) electrons. The Labute approximate surface area is 218 Å². The first-order valence-corrected chi connectivity index (χ1v) is 13.5. The summed E-state index contributed by atoms with van der Waals surface area (Å²) in [7, 11) is 0. The van der Waals surface area contributed by atoms with Crippen LogP contribution in [0, 0.1) is 17.8 Å². The second kappa shape index (κ2) is 10.5. The summed E-state index contributed by atoms with van der Waals surface area (Å²) >= 11 is 0. The van der Waals surface area contributed by atoms with Crippen LogP contribution in [-0.2, 0) is 35.0 Å². The number of rotatable bonds is 5. The highest BCUT2D eigenvalue weighted by molar-refractivity contribution is 5.90. The van der Waals surface area contributed by atoms with E-state index < -0.39 is 48.6 Å². The van der Waals surface area contributed by atoms with Gasteiger partial charge in [-0.25, -0.2) is 9.59 Å². The van der Waals surface area contributed by atoms with Crippen LogP contribution in [0.2, 0.25) is 0 Å². The van der Waals surface area contributed by atoms with E-state index in [9.17, 15) is 9.59 Å². The number of ether oxygens (including phenoxy) is 6. The monoisotopic (exact) mass is 517 g/mol. The predicted molar refractivity (Wildman–Crippen MR) is 132 cm³/mol. The van der Waals surface area contributed by atoms with Crippen molar-refractivity contribution in [1.82, 2.24) is 4.90 Å². The Kier molecular flexibility index (Phi) is 7.51. The third-order valence-corrected chi connectivity index (χ3v) is 8.03. The lowest BCUT2D eigenvalue weighted by molar-refractivity contribution is -0.371. The molecular weight excluding hydrogens is 478 g/mol. The summed E-state index contributed by atoms with van der Waals surface area (Å²) in [6, 6.07) is 8.49. The van der Waals surface area contributed by atoms with Gasteiger partial charge in [0.25, 0.3) is 0 Å². The van der Waals surface area contributed by atoms with Crippen LogP contribution < -0.4 is 0 Å². The molecule has 0 unspecified atom stereocenters. The summed E-state index contributed by atoms with van der Waals surface area (Å²) in [5.74, 6) is 0.422. The summed E-state index contributed by atoms with van der Waals surface area (Å²) in [6.07, 6.45) is -1.27. The normalized spacial score (nSPS) is 37.0. The molecule has 4 aliphatic rings. The summed E-state index contributed by atoms with van der Waals surface area (Å²) in [4.78, 5) is 27.4. The lowest BCUT2D eigenvalue weighted by Gasteiger charge is -2.50. The Morgan fingerprint density at radius 2 is 1.92 bits per heavy atom. The zero-order valence-corrected chi connectivity index (χ0v) is 22.3. The maximum absolute atomic E-state index is 13.3. The molecule has 1 aromatic carbocycles.